The summed E-state index contributed by atoms with van der Waals surface area (Å²) in [7, 11) is 0. The Bertz CT molecular complexity index is 1130. The third-order valence-corrected chi connectivity index (χ3v) is 7.10. The molecule has 2 aliphatic rings. The summed E-state index contributed by atoms with van der Waals surface area (Å²) in [5.41, 5.74) is 4.10. The Labute approximate surface area is 201 Å². The van der Waals surface area contributed by atoms with Gasteiger partial charge in [-0.1, -0.05) is 78.9 Å². The largest absolute Gasteiger partial charge is 0.337 e. The number of carbonyl (C=O) groups is 2. The molecule has 2 aliphatic heterocycles. The van der Waals surface area contributed by atoms with E-state index in [1.165, 1.54) is 5.56 Å². The van der Waals surface area contributed by atoms with E-state index in [0.717, 1.165) is 36.3 Å². The van der Waals surface area contributed by atoms with Gasteiger partial charge in [-0.3, -0.25) is 9.59 Å². The molecule has 0 spiro atoms. The zero-order valence-corrected chi connectivity index (χ0v) is 19.3. The maximum absolute atomic E-state index is 14.0. The van der Waals surface area contributed by atoms with Crippen LogP contribution in [0.25, 0.3) is 0 Å². The van der Waals surface area contributed by atoms with Crippen LogP contribution in [0, 0.1) is 11.8 Å². The molecule has 1 saturated heterocycles. The van der Waals surface area contributed by atoms with Crippen LogP contribution in [0.1, 0.15) is 29.0 Å². The monoisotopic (exact) mass is 453 g/mol. The average Bonchev–Trinajstić information content (AvgIpc) is 3.30. The second kappa shape index (κ2) is 10.2. The molecule has 5 nitrogen and oxygen atoms in total. The van der Waals surface area contributed by atoms with Crippen molar-refractivity contribution in [2.45, 2.75) is 25.3 Å². The summed E-state index contributed by atoms with van der Waals surface area (Å²) in [4.78, 5) is 28.4. The summed E-state index contributed by atoms with van der Waals surface area (Å²) in [5.74, 6) is 0.323. The van der Waals surface area contributed by atoms with Crippen molar-refractivity contribution in [1.82, 2.24) is 10.2 Å². The highest BCUT2D eigenvalue weighted by Gasteiger charge is 2.36. The van der Waals surface area contributed by atoms with Crippen molar-refractivity contribution in [3.63, 3.8) is 0 Å². The maximum Gasteiger partial charge on any atom is 0.231 e. The zero-order valence-electron chi connectivity index (χ0n) is 19.3. The van der Waals surface area contributed by atoms with E-state index in [1.54, 1.807) is 0 Å². The van der Waals surface area contributed by atoms with E-state index in [-0.39, 0.29) is 18.2 Å². The highest BCUT2D eigenvalue weighted by molar-refractivity contribution is 6.01. The standard InChI is InChI=1S/C29H31N3O2/c33-28-16-26(25-13-7-8-14-27(25)31-28)29(34)32(19-22-11-5-2-6-12-22)20-24-18-30-17-23(24)15-21-9-3-1-4-10-21/h1-14,23-24,26,30H,15-20H2,(H,31,33). The fourth-order valence-corrected chi connectivity index (χ4v) is 5.33. The first-order chi connectivity index (χ1) is 16.7. The van der Waals surface area contributed by atoms with Crippen LogP contribution in [0.3, 0.4) is 0 Å². The first-order valence-electron chi connectivity index (χ1n) is 12.1. The molecule has 174 valence electrons. The average molecular weight is 454 g/mol. The smallest absolute Gasteiger partial charge is 0.231 e. The number of fused-ring (bicyclic) bond motifs is 1. The summed E-state index contributed by atoms with van der Waals surface area (Å²) in [6, 6.07) is 28.4. The molecule has 0 saturated carbocycles. The molecular formula is C29H31N3O2. The lowest BCUT2D eigenvalue weighted by atomic mass is 9.87. The van der Waals surface area contributed by atoms with Crippen molar-refractivity contribution in [3.05, 3.63) is 102 Å². The molecule has 34 heavy (non-hydrogen) atoms. The first kappa shape index (κ1) is 22.4. The minimum absolute atomic E-state index is 0.0384. The van der Waals surface area contributed by atoms with E-state index in [0.29, 0.717) is 24.9 Å². The summed E-state index contributed by atoms with van der Waals surface area (Å²) < 4.78 is 0. The third kappa shape index (κ3) is 5.05. The van der Waals surface area contributed by atoms with Crippen LogP contribution in [0.15, 0.2) is 84.9 Å². The molecule has 0 aromatic heterocycles. The summed E-state index contributed by atoms with van der Waals surface area (Å²) in [6.45, 7) is 3.09. The summed E-state index contributed by atoms with van der Waals surface area (Å²) in [6.07, 6.45) is 1.19. The molecule has 3 aromatic carbocycles. The Hall–Kier alpha value is -3.44. The van der Waals surface area contributed by atoms with Gasteiger partial charge in [0.25, 0.3) is 0 Å². The van der Waals surface area contributed by atoms with Gasteiger partial charge in [0.2, 0.25) is 11.8 Å². The lowest BCUT2D eigenvalue weighted by Crippen LogP contribution is -2.42. The maximum atomic E-state index is 14.0. The van der Waals surface area contributed by atoms with Gasteiger partial charge < -0.3 is 15.5 Å². The molecule has 3 unspecified atom stereocenters. The number of carbonyl (C=O) groups excluding carboxylic acids is 2. The van der Waals surface area contributed by atoms with Gasteiger partial charge in [-0.15, -0.1) is 0 Å². The Balaban J connectivity index is 1.39. The minimum atomic E-state index is -0.449. The number of hydrogen-bond donors (Lipinski definition) is 2. The van der Waals surface area contributed by atoms with E-state index in [1.807, 2.05) is 53.4 Å². The van der Waals surface area contributed by atoms with E-state index < -0.39 is 5.92 Å². The molecule has 0 radical (unpaired) electrons. The van der Waals surface area contributed by atoms with Gasteiger partial charge in [0.1, 0.15) is 0 Å². The number of rotatable bonds is 7. The van der Waals surface area contributed by atoms with Gasteiger partial charge >= 0.3 is 0 Å². The van der Waals surface area contributed by atoms with Crippen molar-refractivity contribution < 1.29 is 9.59 Å². The lowest BCUT2D eigenvalue weighted by molar-refractivity contribution is -0.136. The molecule has 0 bridgehead atoms. The van der Waals surface area contributed by atoms with Crippen LogP contribution < -0.4 is 10.6 Å². The van der Waals surface area contributed by atoms with Gasteiger partial charge in [0.05, 0.1) is 5.92 Å². The molecule has 3 aromatic rings. The van der Waals surface area contributed by atoms with Crippen molar-refractivity contribution in [2.75, 3.05) is 25.0 Å². The minimum Gasteiger partial charge on any atom is -0.337 e. The van der Waals surface area contributed by atoms with Crippen LogP contribution in [0.4, 0.5) is 5.69 Å². The van der Waals surface area contributed by atoms with Crippen molar-refractivity contribution in [2.24, 2.45) is 11.8 Å². The summed E-state index contributed by atoms with van der Waals surface area (Å²) in [5, 5.41) is 6.47. The number of anilines is 1. The van der Waals surface area contributed by atoms with Gasteiger partial charge in [0.15, 0.2) is 0 Å². The van der Waals surface area contributed by atoms with Crippen LogP contribution in [0.5, 0.6) is 0 Å². The van der Waals surface area contributed by atoms with Gasteiger partial charge in [-0.25, -0.2) is 0 Å². The first-order valence-corrected chi connectivity index (χ1v) is 12.1. The molecular weight excluding hydrogens is 422 g/mol. The quantitative estimate of drug-likeness (QED) is 0.563. The zero-order chi connectivity index (χ0) is 23.3. The van der Waals surface area contributed by atoms with Gasteiger partial charge in [-0.05, 0) is 54.1 Å². The number of nitrogens with one attached hydrogen (secondary N) is 2. The molecule has 5 rings (SSSR count). The fourth-order valence-electron chi connectivity index (χ4n) is 5.33. The number of nitrogens with zero attached hydrogens (tertiary/aromatic N) is 1. The molecule has 2 amide bonds. The molecule has 0 aliphatic carbocycles. The number of hydrogen-bond acceptors (Lipinski definition) is 3. The number of benzene rings is 3. The Kier molecular flexibility index (Phi) is 6.72. The molecule has 2 N–H and O–H groups in total. The van der Waals surface area contributed by atoms with E-state index in [2.05, 4.69) is 47.0 Å². The van der Waals surface area contributed by atoms with Crippen LogP contribution >= 0.6 is 0 Å². The third-order valence-electron chi connectivity index (χ3n) is 7.10. The highest BCUT2D eigenvalue weighted by atomic mass is 16.2. The highest BCUT2D eigenvalue weighted by Crippen LogP contribution is 2.34. The van der Waals surface area contributed by atoms with Crippen LogP contribution in [0.2, 0.25) is 0 Å². The Morgan fingerprint density at radius 1 is 0.824 bits per heavy atom. The molecule has 1 fully saturated rings. The Morgan fingerprint density at radius 3 is 2.24 bits per heavy atom. The molecule has 5 heteroatoms. The normalized spacial score (nSPS) is 21.5. The summed E-state index contributed by atoms with van der Waals surface area (Å²) >= 11 is 0. The van der Waals surface area contributed by atoms with Gasteiger partial charge in [0, 0.05) is 25.2 Å². The number of para-hydroxylation sites is 1. The van der Waals surface area contributed by atoms with E-state index in [9.17, 15) is 9.59 Å². The van der Waals surface area contributed by atoms with Crippen molar-refractivity contribution in [3.8, 4) is 0 Å². The van der Waals surface area contributed by atoms with Crippen molar-refractivity contribution >= 4 is 17.5 Å². The lowest BCUT2D eigenvalue weighted by Gasteiger charge is -2.33. The van der Waals surface area contributed by atoms with Crippen molar-refractivity contribution in [1.29, 1.82) is 0 Å². The SMILES string of the molecule is O=C1CC(C(=O)N(Cc2ccccc2)CC2CNCC2Cc2ccccc2)c2ccccc2N1. The predicted molar refractivity (Wildman–Crippen MR) is 134 cm³/mol. The second-order valence-electron chi connectivity index (χ2n) is 9.46. The fraction of sp³-hybridized carbons (Fsp3) is 0.310. The second-order valence-corrected chi connectivity index (χ2v) is 9.46. The van der Waals surface area contributed by atoms with E-state index in [4.69, 9.17) is 0 Å². The van der Waals surface area contributed by atoms with Gasteiger partial charge in [-0.2, -0.15) is 0 Å². The number of amides is 2. The molecule has 2 heterocycles. The van der Waals surface area contributed by atoms with Crippen LogP contribution in [-0.2, 0) is 22.6 Å². The molecule has 3 atom stereocenters. The topological polar surface area (TPSA) is 61.4 Å². The van der Waals surface area contributed by atoms with E-state index >= 15 is 0 Å². The predicted octanol–water partition coefficient (Wildman–Crippen LogP) is 4.22. The Morgan fingerprint density at radius 2 is 1.47 bits per heavy atom. The van der Waals surface area contributed by atoms with Crippen LogP contribution in [-0.4, -0.2) is 36.3 Å².